The molecule has 0 aliphatic heterocycles. The molecule has 0 heterocycles. The topological polar surface area (TPSA) is 139 Å². The molecule has 0 bridgehead atoms. The van der Waals surface area contributed by atoms with Gasteiger partial charge in [-0.15, -0.1) is 17.7 Å². The quantitative estimate of drug-likeness (QED) is 0.0932. The number of nitrogens with zero attached hydrogens (tertiary/aromatic N) is 4. The van der Waals surface area contributed by atoms with Crippen LogP contribution in [0.3, 0.4) is 0 Å². The molecule has 184 valence electrons. The lowest BCUT2D eigenvalue weighted by Crippen LogP contribution is -2.08. The Labute approximate surface area is 210 Å². The largest absolute Gasteiger partial charge is 0.491 e. The van der Waals surface area contributed by atoms with Gasteiger partial charge in [0.25, 0.3) is 10.1 Å². The van der Waals surface area contributed by atoms with Gasteiger partial charge in [-0.1, -0.05) is 0 Å². The fourth-order valence-corrected chi connectivity index (χ4v) is 3.69. The fourth-order valence-electron chi connectivity index (χ4n) is 3.06. The molecule has 0 atom stereocenters. The second-order valence-corrected chi connectivity index (χ2v) is 10.1. The number of hydrogen-bond donors (Lipinski definition) is 3. The van der Waals surface area contributed by atoms with Crippen molar-refractivity contribution in [3.8, 4) is 5.75 Å². The molecule has 3 rings (SSSR count). The summed E-state index contributed by atoms with van der Waals surface area (Å²) >= 11 is 4.26. The van der Waals surface area contributed by atoms with Crippen LogP contribution in [0, 0.1) is 20.8 Å². The SMILES string of the molecule is Cc1cc(N=Nc2cc(C)c(N=Nc3ccc(S)cc3)cc2OCCCS(=O)(=O)O)c(C)cc1N. The zero-order valence-corrected chi connectivity index (χ0v) is 21.3. The number of azo groups is 2. The summed E-state index contributed by atoms with van der Waals surface area (Å²) in [6.45, 7) is 5.70. The van der Waals surface area contributed by atoms with Gasteiger partial charge in [0.15, 0.2) is 0 Å². The first-order valence-electron chi connectivity index (χ1n) is 10.7. The van der Waals surface area contributed by atoms with Gasteiger partial charge in [0.1, 0.15) is 11.4 Å². The van der Waals surface area contributed by atoms with Crippen LogP contribution in [0.4, 0.5) is 28.4 Å². The van der Waals surface area contributed by atoms with E-state index in [1.807, 2.05) is 45.0 Å². The van der Waals surface area contributed by atoms with Gasteiger partial charge < -0.3 is 10.5 Å². The standard InChI is InChI=1S/C24H27N5O4S2/c1-15-12-21(16(2)11-20(15)25)28-29-23-13-17(3)22(27-26-18-5-7-19(34)8-6-18)14-24(23)33-9-4-10-35(30,31)32/h5-8,11-14,34H,4,9-10,25H2,1-3H3,(H,30,31,32). The minimum atomic E-state index is -4.08. The Morgan fingerprint density at radius 2 is 1.43 bits per heavy atom. The van der Waals surface area contributed by atoms with E-state index in [0.717, 1.165) is 21.6 Å². The molecular weight excluding hydrogens is 486 g/mol. The third-order valence-electron chi connectivity index (χ3n) is 5.05. The highest BCUT2D eigenvalue weighted by Gasteiger charge is 2.11. The monoisotopic (exact) mass is 513 g/mol. The van der Waals surface area contributed by atoms with Gasteiger partial charge in [0.05, 0.1) is 29.4 Å². The molecule has 3 aromatic rings. The molecule has 0 spiro atoms. The Balaban J connectivity index is 1.92. The van der Waals surface area contributed by atoms with Crippen molar-refractivity contribution in [2.45, 2.75) is 32.1 Å². The molecule has 9 nitrogen and oxygen atoms in total. The van der Waals surface area contributed by atoms with Gasteiger partial charge in [-0.05, 0) is 86.3 Å². The minimum absolute atomic E-state index is 0.0470. The highest BCUT2D eigenvalue weighted by atomic mass is 32.2. The van der Waals surface area contributed by atoms with Gasteiger partial charge in [0, 0.05) is 16.6 Å². The first-order valence-corrected chi connectivity index (χ1v) is 12.8. The zero-order chi connectivity index (χ0) is 25.6. The number of thiol groups is 1. The predicted octanol–water partition coefficient (Wildman–Crippen LogP) is 6.97. The summed E-state index contributed by atoms with van der Waals surface area (Å²) in [5, 5.41) is 17.3. The van der Waals surface area contributed by atoms with Crippen molar-refractivity contribution in [1.82, 2.24) is 0 Å². The molecule has 0 saturated heterocycles. The number of nitrogens with two attached hydrogens (primary N) is 1. The van der Waals surface area contributed by atoms with E-state index in [0.29, 0.717) is 34.2 Å². The number of benzene rings is 3. The molecule has 11 heteroatoms. The summed E-state index contributed by atoms with van der Waals surface area (Å²) in [6.07, 6.45) is 0.104. The van der Waals surface area contributed by atoms with Crippen molar-refractivity contribution in [3.63, 3.8) is 0 Å². The Morgan fingerprint density at radius 1 is 0.857 bits per heavy atom. The van der Waals surface area contributed by atoms with Crippen molar-refractivity contribution in [3.05, 3.63) is 65.2 Å². The first kappa shape index (κ1) is 26.3. The van der Waals surface area contributed by atoms with Crippen LogP contribution in [0.15, 0.2) is 73.9 Å². The highest BCUT2D eigenvalue weighted by molar-refractivity contribution is 7.85. The van der Waals surface area contributed by atoms with E-state index in [1.54, 1.807) is 24.3 Å². The van der Waals surface area contributed by atoms with E-state index in [9.17, 15) is 8.42 Å². The Bertz CT molecular complexity index is 1370. The Kier molecular flexibility index (Phi) is 8.60. The highest BCUT2D eigenvalue weighted by Crippen LogP contribution is 2.37. The molecule has 0 aromatic heterocycles. The number of anilines is 1. The summed E-state index contributed by atoms with van der Waals surface area (Å²) < 4.78 is 36.8. The van der Waals surface area contributed by atoms with Crippen LogP contribution in [0.1, 0.15) is 23.1 Å². The molecule has 0 aliphatic carbocycles. The molecule has 3 aromatic carbocycles. The summed E-state index contributed by atoms with van der Waals surface area (Å²) in [6, 6.07) is 14.4. The van der Waals surface area contributed by atoms with Gasteiger partial charge in [-0.3, -0.25) is 4.55 Å². The second kappa shape index (κ2) is 11.4. The number of ether oxygens (including phenoxy) is 1. The Morgan fingerprint density at radius 3 is 2.11 bits per heavy atom. The van der Waals surface area contributed by atoms with Crippen LogP contribution in [0.5, 0.6) is 5.75 Å². The van der Waals surface area contributed by atoms with Gasteiger partial charge in [-0.25, -0.2) is 0 Å². The molecular formula is C24H27N5O4S2. The van der Waals surface area contributed by atoms with E-state index in [2.05, 4.69) is 33.1 Å². The Hall–Kier alpha value is -3.28. The second-order valence-electron chi connectivity index (χ2n) is 8.01. The molecule has 35 heavy (non-hydrogen) atoms. The van der Waals surface area contributed by atoms with Gasteiger partial charge in [-0.2, -0.15) is 23.8 Å². The third kappa shape index (κ3) is 7.88. The van der Waals surface area contributed by atoms with Crippen molar-refractivity contribution in [2.75, 3.05) is 18.1 Å². The van der Waals surface area contributed by atoms with E-state index in [4.69, 9.17) is 15.0 Å². The summed E-state index contributed by atoms with van der Waals surface area (Å²) in [7, 11) is -4.08. The van der Waals surface area contributed by atoms with Crippen molar-refractivity contribution >= 4 is 51.2 Å². The number of aryl methyl sites for hydroxylation is 3. The molecule has 0 aliphatic rings. The predicted molar refractivity (Wildman–Crippen MR) is 140 cm³/mol. The first-order chi connectivity index (χ1) is 16.5. The molecule has 0 fully saturated rings. The van der Waals surface area contributed by atoms with Gasteiger partial charge in [0.2, 0.25) is 0 Å². The summed E-state index contributed by atoms with van der Waals surface area (Å²) in [4.78, 5) is 0.821. The average molecular weight is 514 g/mol. The number of hydrogen-bond acceptors (Lipinski definition) is 9. The molecule has 0 amide bonds. The summed E-state index contributed by atoms with van der Waals surface area (Å²) in [5.74, 6) is -0.0491. The summed E-state index contributed by atoms with van der Waals surface area (Å²) in [5.41, 5.74) is 11.5. The third-order valence-corrected chi connectivity index (χ3v) is 6.16. The lowest BCUT2D eigenvalue weighted by molar-refractivity contribution is 0.317. The average Bonchev–Trinajstić information content (AvgIpc) is 2.78. The zero-order valence-electron chi connectivity index (χ0n) is 19.6. The van der Waals surface area contributed by atoms with E-state index in [1.165, 1.54) is 0 Å². The maximum Gasteiger partial charge on any atom is 0.264 e. The van der Waals surface area contributed by atoms with Crippen LogP contribution in [-0.2, 0) is 10.1 Å². The van der Waals surface area contributed by atoms with E-state index in [-0.39, 0.29) is 13.0 Å². The molecule has 0 radical (unpaired) electrons. The van der Waals surface area contributed by atoms with Crippen molar-refractivity contribution in [1.29, 1.82) is 0 Å². The number of rotatable bonds is 9. The lowest BCUT2D eigenvalue weighted by Gasteiger charge is -2.11. The molecule has 3 N–H and O–H groups in total. The van der Waals surface area contributed by atoms with Crippen LogP contribution >= 0.6 is 12.6 Å². The van der Waals surface area contributed by atoms with Crippen LogP contribution in [0.25, 0.3) is 0 Å². The van der Waals surface area contributed by atoms with Crippen LogP contribution < -0.4 is 10.5 Å². The van der Waals surface area contributed by atoms with Crippen LogP contribution in [0.2, 0.25) is 0 Å². The maximum absolute atomic E-state index is 11.0. The van der Waals surface area contributed by atoms with Crippen LogP contribution in [-0.4, -0.2) is 25.3 Å². The van der Waals surface area contributed by atoms with Crippen molar-refractivity contribution in [2.24, 2.45) is 20.5 Å². The molecule has 0 unspecified atom stereocenters. The normalized spacial score (nSPS) is 12.0. The lowest BCUT2D eigenvalue weighted by atomic mass is 10.1. The van der Waals surface area contributed by atoms with E-state index >= 15 is 0 Å². The maximum atomic E-state index is 11.0. The van der Waals surface area contributed by atoms with Gasteiger partial charge >= 0.3 is 0 Å². The van der Waals surface area contributed by atoms with Crippen molar-refractivity contribution < 1.29 is 17.7 Å². The number of nitrogen functional groups attached to an aromatic ring is 1. The minimum Gasteiger partial charge on any atom is -0.491 e. The molecule has 0 saturated carbocycles. The fraction of sp³-hybridized carbons (Fsp3) is 0.250. The van der Waals surface area contributed by atoms with E-state index < -0.39 is 15.9 Å². The smallest absolute Gasteiger partial charge is 0.264 e.